The van der Waals surface area contributed by atoms with E-state index in [1.165, 1.54) is 0 Å². The van der Waals surface area contributed by atoms with Crippen molar-refractivity contribution in [3.8, 4) is 0 Å². The number of ether oxygens (including phenoxy) is 1. The second-order valence-corrected chi connectivity index (χ2v) is 7.30. The fraction of sp³-hybridized carbons (Fsp3) is 0.500. The number of urea groups is 1. The second kappa shape index (κ2) is 13.1. The van der Waals surface area contributed by atoms with Crippen molar-refractivity contribution in [1.29, 1.82) is 0 Å². The summed E-state index contributed by atoms with van der Waals surface area (Å²) in [4.78, 5) is 46.9. The van der Waals surface area contributed by atoms with Crippen molar-refractivity contribution in [2.45, 2.75) is 45.4 Å². The van der Waals surface area contributed by atoms with E-state index in [0.717, 1.165) is 0 Å². The molecule has 0 aliphatic carbocycles. The smallest absolute Gasteiger partial charge is 0.404 e. The van der Waals surface area contributed by atoms with Crippen LogP contribution in [0.5, 0.6) is 0 Å². The third-order valence-corrected chi connectivity index (χ3v) is 4.46. The van der Waals surface area contributed by atoms with E-state index in [0.29, 0.717) is 24.1 Å². The van der Waals surface area contributed by atoms with Crippen LogP contribution in [0.1, 0.15) is 32.3 Å². The molecule has 1 aromatic carbocycles. The Morgan fingerprint density at radius 2 is 1.68 bits per heavy atom. The average Bonchev–Trinajstić information content (AvgIpc) is 2.69. The Balaban J connectivity index is 2.80. The third-order valence-electron chi connectivity index (χ3n) is 4.46. The molecule has 0 saturated heterocycles. The molecule has 11 heteroatoms. The minimum Gasteiger partial charge on any atom is -0.445 e. The molecule has 0 saturated carbocycles. The maximum absolute atomic E-state index is 12.8. The van der Waals surface area contributed by atoms with Gasteiger partial charge in [0.05, 0.1) is 6.04 Å². The molecule has 172 valence electrons. The molecule has 8 N–H and O–H groups in total. The lowest BCUT2D eigenvalue weighted by atomic mass is 10.0. The van der Waals surface area contributed by atoms with Gasteiger partial charge in [-0.25, -0.2) is 9.59 Å². The Hall–Kier alpha value is -3.34. The number of carbonyl (C=O) groups excluding carboxylic acids is 4. The van der Waals surface area contributed by atoms with E-state index in [2.05, 4.69) is 21.3 Å². The van der Waals surface area contributed by atoms with Crippen LogP contribution in [0.4, 0.5) is 15.3 Å². The Morgan fingerprint density at radius 1 is 1.03 bits per heavy atom. The first-order chi connectivity index (χ1) is 14.6. The van der Waals surface area contributed by atoms with Gasteiger partial charge in [-0.2, -0.15) is 0 Å². The van der Waals surface area contributed by atoms with E-state index < -0.39 is 30.1 Å². The number of carbonyl (C=O) groups is 4. The summed E-state index contributed by atoms with van der Waals surface area (Å²) in [6, 6.07) is 4.74. The van der Waals surface area contributed by atoms with Crippen molar-refractivity contribution in [2.75, 3.05) is 18.9 Å². The summed E-state index contributed by atoms with van der Waals surface area (Å²) in [5, 5.41) is 10.9. The summed E-state index contributed by atoms with van der Waals surface area (Å²) in [7, 11) is 1.68. The lowest BCUT2D eigenvalue weighted by Crippen LogP contribution is -2.52. The maximum atomic E-state index is 12.8. The van der Waals surface area contributed by atoms with Crippen LogP contribution in [0.2, 0.25) is 0 Å². The molecule has 0 fully saturated rings. The predicted molar refractivity (Wildman–Crippen MR) is 116 cm³/mol. The lowest BCUT2D eigenvalue weighted by molar-refractivity contribution is -0.128. The van der Waals surface area contributed by atoms with Crippen LogP contribution in [0.15, 0.2) is 24.3 Å². The summed E-state index contributed by atoms with van der Waals surface area (Å²) in [5.74, 6) is -0.660. The number of primary amides is 2. The van der Waals surface area contributed by atoms with Gasteiger partial charge >= 0.3 is 12.1 Å². The highest BCUT2D eigenvalue weighted by Crippen LogP contribution is 2.12. The number of hydrogen-bond donors (Lipinski definition) is 6. The molecule has 5 amide bonds. The zero-order valence-corrected chi connectivity index (χ0v) is 18.1. The molecule has 1 aromatic rings. The molecule has 0 bridgehead atoms. The molecule has 0 heterocycles. The molecule has 0 aromatic heterocycles. The predicted octanol–water partition coefficient (Wildman–Crippen LogP) is 0.398. The summed E-state index contributed by atoms with van der Waals surface area (Å²) < 4.78 is 4.71. The summed E-state index contributed by atoms with van der Waals surface area (Å²) in [6.07, 6.45) is -0.129. The largest absolute Gasteiger partial charge is 0.445 e. The molecule has 31 heavy (non-hydrogen) atoms. The Kier molecular flexibility index (Phi) is 10.8. The number of nitrogens with two attached hydrogens (primary N) is 2. The van der Waals surface area contributed by atoms with Crippen LogP contribution in [0, 0.1) is 5.92 Å². The minimum atomic E-state index is -0.872. The number of likely N-dealkylation sites (N-methyl/N-ethyl adjacent to an activating group) is 1. The number of benzene rings is 1. The molecule has 0 aliphatic heterocycles. The first-order valence-electron chi connectivity index (χ1n) is 9.97. The average molecular weight is 437 g/mol. The van der Waals surface area contributed by atoms with Crippen molar-refractivity contribution in [3.05, 3.63) is 29.8 Å². The van der Waals surface area contributed by atoms with Gasteiger partial charge < -0.3 is 37.5 Å². The Labute approximate surface area is 181 Å². The topological polar surface area (TPSA) is 178 Å². The van der Waals surface area contributed by atoms with Crippen LogP contribution < -0.4 is 32.7 Å². The molecular weight excluding hydrogens is 404 g/mol. The van der Waals surface area contributed by atoms with Gasteiger partial charge in [-0.05, 0) is 43.5 Å². The highest BCUT2D eigenvalue weighted by Gasteiger charge is 2.26. The van der Waals surface area contributed by atoms with Crippen LogP contribution >= 0.6 is 0 Å². The molecule has 2 unspecified atom stereocenters. The number of rotatable bonds is 12. The van der Waals surface area contributed by atoms with E-state index in [4.69, 9.17) is 16.2 Å². The SMILES string of the molecule is CNC(C(=O)NC(CCCNC(N)=O)C(=O)Nc1ccc(COC(N)=O)cc1)C(C)C. The van der Waals surface area contributed by atoms with Gasteiger partial charge in [0.25, 0.3) is 0 Å². The summed E-state index contributed by atoms with van der Waals surface area (Å²) in [5.41, 5.74) is 11.2. The van der Waals surface area contributed by atoms with Gasteiger partial charge in [-0.3, -0.25) is 9.59 Å². The van der Waals surface area contributed by atoms with Crippen LogP contribution in [-0.4, -0.2) is 49.6 Å². The van der Waals surface area contributed by atoms with Crippen LogP contribution in [-0.2, 0) is 20.9 Å². The van der Waals surface area contributed by atoms with Crippen molar-refractivity contribution < 1.29 is 23.9 Å². The zero-order valence-electron chi connectivity index (χ0n) is 18.1. The number of hydrogen-bond acceptors (Lipinski definition) is 6. The first-order valence-corrected chi connectivity index (χ1v) is 9.97. The molecule has 11 nitrogen and oxygen atoms in total. The van der Waals surface area contributed by atoms with Crippen LogP contribution in [0.3, 0.4) is 0 Å². The monoisotopic (exact) mass is 436 g/mol. The Bertz CT molecular complexity index is 753. The zero-order chi connectivity index (χ0) is 23.4. The highest BCUT2D eigenvalue weighted by atomic mass is 16.5. The lowest BCUT2D eigenvalue weighted by Gasteiger charge is -2.24. The van der Waals surface area contributed by atoms with Crippen molar-refractivity contribution in [1.82, 2.24) is 16.0 Å². The molecule has 0 radical (unpaired) electrons. The van der Waals surface area contributed by atoms with E-state index in [1.54, 1.807) is 31.3 Å². The molecule has 0 aliphatic rings. The minimum absolute atomic E-state index is 0.0235. The normalized spacial score (nSPS) is 12.5. The number of nitrogens with one attached hydrogen (secondary N) is 4. The molecule has 1 rings (SSSR count). The van der Waals surface area contributed by atoms with E-state index in [9.17, 15) is 19.2 Å². The van der Waals surface area contributed by atoms with Gasteiger partial charge in [0.2, 0.25) is 11.8 Å². The third kappa shape index (κ3) is 9.81. The van der Waals surface area contributed by atoms with Crippen molar-refractivity contribution >= 4 is 29.6 Å². The first kappa shape index (κ1) is 25.7. The van der Waals surface area contributed by atoms with Gasteiger partial charge in [0.15, 0.2) is 0 Å². The molecular formula is C20H32N6O5. The fourth-order valence-corrected chi connectivity index (χ4v) is 2.88. The highest BCUT2D eigenvalue weighted by molar-refractivity contribution is 5.97. The van der Waals surface area contributed by atoms with Gasteiger partial charge in [0.1, 0.15) is 12.6 Å². The maximum Gasteiger partial charge on any atom is 0.404 e. The van der Waals surface area contributed by atoms with Gasteiger partial charge in [-0.1, -0.05) is 26.0 Å². The van der Waals surface area contributed by atoms with Crippen molar-refractivity contribution in [3.63, 3.8) is 0 Å². The van der Waals surface area contributed by atoms with E-state index in [-0.39, 0.29) is 25.0 Å². The van der Waals surface area contributed by atoms with Gasteiger partial charge in [-0.15, -0.1) is 0 Å². The van der Waals surface area contributed by atoms with E-state index >= 15 is 0 Å². The standard InChI is InChI=1S/C20H32N6O5/c1-12(2)16(23-3)18(28)26-15(5-4-10-24-19(21)29)17(27)25-14-8-6-13(7-9-14)11-31-20(22)30/h6-9,12,15-16,23H,4-5,10-11H2,1-3H3,(H2,22,30)(H,25,27)(H,26,28)(H3,21,24,29). The van der Waals surface area contributed by atoms with Gasteiger partial charge in [0, 0.05) is 12.2 Å². The molecule has 2 atom stereocenters. The summed E-state index contributed by atoms with van der Waals surface area (Å²) in [6.45, 7) is 4.10. The van der Waals surface area contributed by atoms with Crippen molar-refractivity contribution in [2.24, 2.45) is 17.4 Å². The second-order valence-electron chi connectivity index (χ2n) is 7.30. The number of anilines is 1. The quantitative estimate of drug-likeness (QED) is 0.258. The fourth-order valence-electron chi connectivity index (χ4n) is 2.88. The summed E-state index contributed by atoms with van der Waals surface area (Å²) >= 11 is 0. The molecule has 0 spiro atoms. The number of amides is 5. The van der Waals surface area contributed by atoms with Crippen LogP contribution in [0.25, 0.3) is 0 Å². The Morgan fingerprint density at radius 3 is 2.19 bits per heavy atom. The van der Waals surface area contributed by atoms with E-state index in [1.807, 2.05) is 13.8 Å².